The highest BCUT2D eigenvalue weighted by atomic mass is 19.1. The highest BCUT2D eigenvalue weighted by Gasteiger charge is 2.35. The molecule has 3 N–H and O–H groups in total. The van der Waals surface area contributed by atoms with Crippen LogP contribution in [0.2, 0.25) is 0 Å². The zero-order valence-electron chi connectivity index (χ0n) is 14.9. The largest absolute Gasteiger partial charge is 0.508 e. The molecule has 0 amide bonds. The zero-order chi connectivity index (χ0) is 19.1. The number of carbonyl (C=O) groups excluding carboxylic acids is 1. The van der Waals surface area contributed by atoms with Gasteiger partial charge in [-0.3, -0.25) is 10.1 Å². The standard InChI is InChI=1S/C20H19FN2O4/c1-26-15-7-6-13-16(17(15)21)12-9-14(20(25)27-2)23-18(19(12)22-13)10-4-3-5-11(24)8-10/h3-8,14,18,22-24H,9H2,1-2H3. The van der Waals surface area contributed by atoms with Gasteiger partial charge in [-0.05, 0) is 35.4 Å². The molecule has 1 aliphatic heterocycles. The number of phenolic OH excluding ortho intramolecular Hbond substituents is 1. The fraction of sp³-hybridized carbons (Fsp3) is 0.250. The number of methoxy groups -OCH3 is 2. The van der Waals surface area contributed by atoms with Crippen molar-refractivity contribution in [1.82, 2.24) is 10.3 Å². The summed E-state index contributed by atoms with van der Waals surface area (Å²) in [6.45, 7) is 0. The van der Waals surface area contributed by atoms with Crippen molar-refractivity contribution in [1.29, 1.82) is 0 Å². The van der Waals surface area contributed by atoms with Crippen molar-refractivity contribution < 1.29 is 23.8 Å². The molecular formula is C20H19FN2O4. The fourth-order valence-electron chi connectivity index (χ4n) is 3.74. The summed E-state index contributed by atoms with van der Waals surface area (Å²) in [6, 6.07) is 8.99. The van der Waals surface area contributed by atoms with Crippen molar-refractivity contribution in [3.8, 4) is 11.5 Å². The number of esters is 1. The predicted molar refractivity (Wildman–Crippen MR) is 97.4 cm³/mol. The highest BCUT2D eigenvalue weighted by molar-refractivity contribution is 5.89. The van der Waals surface area contributed by atoms with Gasteiger partial charge < -0.3 is 19.6 Å². The van der Waals surface area contributed by atoms with Crippen LogP contribution >= 0.6 is 0 Å². The Balaban J connectivity index is 1.94. The summed E-state index contributed by atoms with van der Waals surface area (Å²) in [5.41, 5.74) is 2.83. The smallest absolute Gasteiger partial charge is 0.323 e. The molecule has 140 valence electrons. The SMILES string of the molecule is COC(=O)C1Cc2c([nH]c3ccc(OC)c(F)c23)C(c2cccc(O)c2)N1. The van der Waals surface area contributed by atoms with Gasteiger partial charge in [0.15, 0.2) is 11.6 Å². The summed E-state index contributed by atoms with van der Waals surface area (Å²) < 4.78 is 25.0. The molecule has 0 saturated carbocycles. The lowest BCUT2D eigenvalue weighted by atomic mass is 9.90. The van der Waals surface area contributed by atoms with Crippen molar-refractivity contribution in [3.63, 3.8) is 0 Å². The first-order chi connectivity index (χ1) is 13.0. The Morgan fingerprint density at radius 1 is 1.26 bits per heavy atom. The van der Waals surface area contributed by atoms with Gasteiger partial charge in [-0.15, -0.1) is 0 Å². The van der Waals surface area contributed by atoms with Gasteiger partial charge in [0.05, 0.1) is 20.3 Å². The van der Waals surface area contributed by atoms with Crippen LogP contribution in [-0.4, -0.2) is 36.3 Å². The Morgan fingerprint density at radius 3 is 2.78 bits per heavy atom. The second-order valence-electron chi connectivity index (χ2n) is 6.50. The third kappa shape index (κ3) is 2.80. The topological polar surface area (TPSA) is 83.6 Å². The van der Waals surface area contributed by atoms with Crippen LogP contribution in [0.4, 0.5) is 4.39 Å². The molecule has 6 nitrogen and oxygen atoms in total. The van der Waals surface area contributed by atoms with Crippen LogP contribution in [0.15, 0.2) is 36.4 Å². The molecule has 0 radical (unpaired) electrons. The van der Waals surface area contributed by atoms with E-state index in [9.17, 15) is 14.3 Å². The van der Waals surface area contributed by atoms with E-state index in [2.05, 4.69) is 10.3 Å². The van der Waals surface area contributed by atoms with Gasteiger partial charge in [-0.2, -0.15) is 0 Å². The van der Waals surface area contributed by atoms with Crippen LogP contribution in [-0.2, 0) is 16.0 Å². The second kappa shape index (κ2) is 6.59. The maximum absolute atomic E-state index is 15.0. The lowest BCUT2D eigenvalue weighted by molar-refractivity contribution is -0.143. The number of phenols is 1. The average Bonchev–Trinajstić information content (AvgIpc) is 3.06. The number of aromatic hydroxyl groups is 1. The third-order valence-corrected chi connectivity index (χ3v) is 4.98. The van der Waals surface area contributed by atoms with E-state index in [1.165, 1.54) is 14.2 Å². The minimum absolute atomic E-state index is 0.111. The van der Waals surface area contributed by atoms with Gasteiger partial charge in [-0.1, -0.05) is 12.1 Å². The summed E-state index contributed by atoms with van der Waals surface area (Å²) in [5.74, 6) is -0.637. The Kier molecular flexibility index (Phi) is 4.24. The van der Waals surface area contributed by atoms with E-state index in [-0.39, 0.29) is 17.9 Å². The molecule has 0 spiro atoms. The Hall–Kier alpha value is -3.06. The van der Waals surface area contributed by atoms with E-state index in [1.807, 2.05) is 6.07 Å². The molecule has 0 aliphatic carbocycles. The van der Waals surface area contributed by atoms with Crippen LogP contribution in [0.1, 0.15) is 22.9 Å². The van der Waals surface area contributed by atoms with Crippen LogP contribution in [0.3, 0.4) is 0 Å². The van der Waals surface area contributed by atoms with Crippen molar-refractivity contribution in [3.05, 3.63) is 59.0 Å². The molecule has 1 aromatic heterocycles. The molecule has 0 bridgehead atoms. The Labute approximate surface area is 154 Å². The molecule has 2 aromatic carbocycles. The number of aromatic amines is 1. The van der Waals surface area contributed by atoms with Gasteiger partial charge in [0.2, 0.25) is 0 Å². The minimum Gasteiger partial charge on any atom is -0.508 e. The zero-order valence-corrected chi connectivity index (χ0v) is 14.9. The van der Waals surface area contributed by atoms with Gasteiger partial charge in [0, 0.05) is 23.0 Å². The van der Waals surface area contributed by atoms with E-state index < -0.39 is 23.9 Å². The average molecular weight is 370 g/mol. The number of H-pyrrole nitrogens is 1. The van der Waals surface area contributed by atoms with Crippen molar-refractivity contribution in [2.75, 3.05) is 14.2 Å². The molecule has 3 aromatic rings. The second-order valence-corrected chi connectivity index (χ2v) is 6.50. The van der Waals surface area contributed by atoms with E-state index in [0.717, 1.165) is 11.3 Å². The molecule has 0 fully saturated rings. The number of fused-ring (bicyclic) bond motifs is 3. The van der Waals surface area contributed by atoms with E-state index >= 15 is 0 Å². The lowest BCUT2D eigenvalue weighted by Crippen LogP contribution is -2.45. The molecule has 4 rings (SSSR count). The fourth-order valence-corrected chi connectivity index (χ4v) is 3.74. The van der Waals surface area contributed by atoms with Gasteiger partial charge in [0.1, 0.15) is 11.8 Å². The van der Waals surface area contributed by atoms with Crippen molar-refractivity contribution in [2.24, 2.45) is 0 Å². The maximum atomic E-state index is 15.0. The normalized spacial score (nSPS) is 18.9. The predicted octanol–water partition coefficient (Wildman–Crippen LogP) is 2.80. The van der Waals surface area contributed by atoms with Crippen LogP contribution in [0.25, 0.3) is 10.9 Å². The number of ether oxygens (including phenoxy) is 2. The molecule has 7 heteroatoms. The maximum Gasteiger partial charge on any atom is 0.323 e. The number of benzene rings is 2. The summed E-state index contributed by atoms with van der Waals surface area (Å²) in [6.07, 6.45) is 0.279. The van der Waals surface area contributed by atoms with E-state index in [1.54, 1.807) is 30.3 Å². The lowest BCUT2D eigenvalue weighted by Gasteiger charge is -2.30. The monoisotopic (exact) mass is 370 g/mol. The summed E-state index contributed by atoms with van der Waals surface area (Å²) in [5, 5.41) is 13.5. The molecule has 1 aliphatic rings. The first-order valence-electron chi connectivity index (χ1n) is 8.53. The number of carbonyl (C=O) groups is 1. The van der Waals surface area contributed by atoms with Gasteiger partial charge in [0.25, 0.3) is 0 Å². The number of halogens is 1. The molecule has 2 heterocycles. The summed E-state index contributed by atoms with van der Waals surface area (Å²) >= 11 is 0. The minimum atomic E-state index is -0.639. The number of nitrogens with one attached hydrogen (secondary N) is 2. The number of hydrogen-bond acceptors (Lipinski definition) is 5. The van der Waals surface area contributed by atoms with Crippen LogP contribution in [0.5, 0.6) is 11.5 Å². The molecule has 27 heavy (non-hydrogen) atoms. The van der Waals surface area contributed by atoms with E-state index in [0.29, 0.717) is 16.5 Å². The number of rotatable bonds is 3. The Morgan fingerprint density at radius 2 is 2.07 bits per heavy atom. The van der Waals surface area contributed by atoms with Crippen LogP contribution < -0.4 is 10.1 Å². The van der Waals surface area contributed by atoms with Crippen molar-refractivity contribution >= 4 is 16.9 Å². The number of hydrogen-bond donors (Lipinski definition) is 3. The molecular weight excluding hydrogens is 351 g/mol. The van der Waals surface area contributed by atoms with E-state index in [4.69, 9.17) is 9.47 Å². The highest BCUT2D eigenvalue weighted by Crippen LogP contribution is 2.39. The first kappa shape index (κ1) is 17.4. The molecule has 0 saturated heterocycles. The van der Waals surface area contributed by atoms with Gasteiger partial charge in [-0.25, -0.2) is 4.39 Å². The summed E-state index contributed by atoms with van der Waals surface area (Å²) in [7, 11) is 2.74. The summed E-state index contributed by atoms with van der Waals surface area (Å²) in [4.78, 5) is 15.5. The first-order valence-corrected chi connectivity index (χ1v) is 8.53. The third-order valence-electron chi connectivity index (χ3n) is 4.98. The van der Waals surface area contributed by atoms with Gasteiger partial charge >= 0.3 is 5.97 Å². The quantitative estimate of drug-likeness (QED) is 0.618. The Bertz CT molecular complexity index is 1030. The van der Waals surface area contributed by atoms with Crippen molar-refractivity contribution in [2.45, 2.75) is 18.5 Å². The molecule has 2 unspecified atom stereocenters. The number of aromatic nitrogens is 1. The van der Waals surface area contributed by atoms with Crippen LogP contribution in [0, 0.1) is 5.82 Å². The molecule has 2 atom stereocenters.